The van der Waals surface area contributed by atoms with E-state index in [1.54, 1.807) is 0 Å². The zero-order valence-corrected chi connectivity index (χ0v) is 11.2. The van der Waals surface area contributed by atoms with Gasteiger partial charge in [-0.1, -0.05) is 6.92 Å². The summed E-state index contributed by atoms with van der Waals surface area (Å²) in [6.45, 7) is 2.81. The van der Waals surface area contributed by atoms with Crippen LogP contribution in [-0.2, 0) is 9.84 Å². The molecule has 0 saturated carbocycles. The van der Waals surface area contributed by atoms with Gasteiger partial charge in [0.2, 0.25) is 9.84 Å². The highest BCUT2D eigenvalue weighted by molar-refractivity contribution is 7.91. The van der Waals surface area contributed by atoms with Crippen molar-refractivity contribution in [1.82, 2.24) is 0 Å². The second kappa shape index (κ2) is 4.72. The minimum atomic E-state index is -4.54. The summed E-state index contributed by atoms with van der Waals surface area (Å²) < 4.78 is 47.2. The van der Waals surface area contributed by atoms with Crippen LogP contribution in [0.2, 0.25) is 0 Å². The van der Waals surface area contributed by atoms with Crippen molar-refractivity contribution >= 4 is 15.5 Å². The van der Waals surface area contributed by atoms with Gasteiger partial charge in [-0.05, 0) is 30.7 Å². The SMILES string of the molecule is CCC1(O)CN(c2ccc(S(=O)(=O)C(F)F)cc2)C1. The lowest BCUT2D eigenvalue weighted by Crippen LogP contribution is -2.61. The zero-order valence-electron chi connectivity index (χ0n) is 10.4. The van der Waals surface area contributed by atoms with Gasteiger partial charge in [-0.15, -0.1) is 0 Å². The summed E-state index contributed by atoms with van der Waals surface area (Å²) in [5, 5.41) is 9.87. The summed E-state index contributed by atoms with van der Waals surface area (Å²) in [5.41, 5.74) is 0.0135. The Morgan fingerprint density at radius 2 is 1.84 bits per heavy atom. The molecule has 1 aliphatic rings. The molecule has 0 bridgehead atoms. The maximum absolute atomic E-state index is 12.4. The first-order chi connectivity index (χ1) is 8.78. The number of anilines is 1. The van der Waals surface area contributed by atoms with E-state index < -0.39 is 26.1 Å². The normalized spacial score (nSPS) is 18.5. The molecule has 1 N–H and O–H groups in total. The van der Waals surface area contributed by atoms with Gasteiger partial charge in [0.15, 0.2) is 0 Å². The summed E-state index contributed by atoms with van der Waals surface area (Å²) in [4.78, 5) is 1.47. The average molecular weight is 291 g/mol. The van der Waals surface area contributed by atoms with Crippen molar-refractivity contribution in [3.63, 3.8) is 0 Å². The van der Waals surface area contributed by atoms with Crippen molar-refractivity contribution in [2.75, 3.05) is 18.0 Å². The number of benzene rings is 1. The largest absolute Gasteiger partial charge is 0.386 e. The molecule has 0 amide bonds. The third-order valence-corrected chi connectivity index (χ3v) is 4.79. The van der Waals surface area contributed by atoms with Crippen molar-refractivity contribution in [2.24, 2.45) is 0 Å². The predicted molar refractivity (Wildman–Crippen MR) is 67.1 cm³/mol. The molecule has 0 aromatic heterocycles. The minimum absolute atomic E-state index is 0.391. The molecule has 1 aromatic rings. The van der Waals surface area contributed by atoms with Gasteiger partial charge in [0.25, 0.3) is 0 Å². The molecule has 0 radical (unpaired) electrons. The molecule has 1 fully saturated rings. The number of halogens is 2. The Morgan fingerprint density at radius 3 is 2.26 bits per heavy atom. The Morgan fingerprint density at radius 1 is 1.32 bits per heavy atom. The van der Waals surface area contributed by atoms with Gasteiger partial charge >= 0.3 is 5.76 Å². The van der Waals surface area contributed by atoms with E-state index in [9.17, 15) is 22.3 Å². The van der Waals surface area contributed by atoms with E-state index in [0.717, 1.165) is 0 Å². The minimum Gasteiger partial charge on any atom is -0.386 e. The van der Waals surface area contributed by atoms with E-state index in [2.05, 4.69) is 0 Å². The fraction of sp³-hybridized carbons (Fsp3) is 0.500. The Labute approximate surface area is 110 Å². The molecule has 0 unspecified atom stereocenters. The molecule has 1 heterocycles. The van der Waals surface area contributed by atoms with Crippen LogP contribution in [0.25, 0.3) is 0 Å². The monoisotopic (exact) mass is 291 g/mol. The van der Waals surface area contributed by atoms with Crippen LogP contribution in [0.1, 0.15) is 13.3 Å². The van der Waals surface area contributed by atoms with Crippen molar-refractivity contribution in [3.8, 4) is 0 Å². The Bertz CT molecular complexity index is 551. The molecular formula is C12H15F2NO3S. The van der Waals surface area contributed by atoms with E-state index in [-0.39, 0.29) is 0 Å². The first kappa shape index (κ1) is 14.2. The van der Waals surface area contributed by atoms with Gasteiger partial charge in [0.1, 0.15) is 0 Å². The fourth-order valence-electron chi connectivity index (χ4n) is 2.02. The molecule has 19 heavy (non-hydrogen) atoms. The van der Waals surface area contributed by atoms with Gasteiger partial charge < -0.3 is 10.0 Å². The summed E-state index contributed by atoms with van der Waals surface area (Å²) >= 11 is 0. The van der Waals surface area contributed by atoms with Crippen LogP contribution in [-0.4, -0.2) is 38.0 Å². The number of β-amino-alcohol motifs (C(OH)–C–C–N with tert-alkyl or cyclic N) is 1. The molecule has 2 rings (SSSR count). The standard InChI is InChI=1S/C12H15F2NO3S/c1-2-12(16)7-15(8-12)9-3-5-10(6-4-9)19(17,18)11(13)14/h3-6,11,16H,2,7-8H2,1H3. The van der Waals surface area contributed by atoms with E-state index >= 15 is 0 Å². The smallest absolute Gasteiger partial charge is 0.341 e. The summed E-state index contributed by atoms with van der Waals surface area (Å²) in [5.74, 6) is -3.41. The number of rotatable bonds is 4. The van der Waals surface area contributed by atoms with Crippen LogP contribution >= 0.6 is 0 Å². The Kier molecular flexibility index (Phi) is 3.53. The molecular weight excluding hydrogens is 276 g/mol. The van der Waals surface area contributed by atoms with Gasteiger partial charge in [-0.2, -0.15) is 8.78 Å². The molecule has 0 spiro atoms. The second-order valence-corrected chi connectivity index (χ2v) is 6.65. The second-order valence-electron chi connectivity index (χ2n) is 4.73. The maximum atomic E-state index is 12.4. The molecule has 1 saturated heterocycles. The average Bonchev–Trinajstić information content (AvgIpc) is 2.35. The zero-order chi connectivity index (χ0) is 14.3. The highest BCUT2D eigenvalue weighted by Crippen LogP contribution is 2.30. The lowest BCUT2D eigenvalue weighted by Gasteiger charge is -2.47. The highest BCUT2D eigenvalue weighted by atomic mass is 32.2. The first-order valence-electron chi connectivity index (χ1n) is 5.88. The lowest BCUT2D eigenvalue weighted by atomic mass is 9.91. The third-order valence-electron chi connectivity index (χ3n) is 3.39. The van der Waals surface area contributed by atoms with Gasteiger partial charge in [0.05, 0.1) is 10.5 Å². The third kappa shape index (κ3) is 2.57. The summed E-state index contributed by atoms with van der Waals surface area (Å²) in [6.07, 6.45) is 0.640. The Balaban J connectivity index is 2.13. The van der Waals surface area contributed by atoms with Crippen molar-refractivity contribution in [2.45, 2.75) is 29.6 Å². The predicted octanol–water partition coefficient (Wildman–Crippen LogP) is 1.64. The molecule has 106 valence electrons. The van der Waals surface area contributed by atoms with Crippen molar-refractivity contribution < 1.29 is 22.3 Å². The topological polar surface area (TPSA) is 57.6 Å². The molecule has 7 heteroatoms. The van der Waals surface area contributed by atoms with Gasteiger partial charge in [0, 0.05) is 18.8 Å². The van der Waals surface area contributed by atoms with Crippen LogP contribution in [0.5, 0.6) is 0 Å². The van der Waals surface area contributed by atoms with Crippen molar-refractivity contribution in [3.05, 3.63) is 24.3 Å². The van der Waals surface area contributed by atoms with Crippen molar-refractivity contribution in [1.29, 1.82) is 0 Å². The van der Waals surface area contributed by atoms with Crippen LogP contribution in [0.15, 0.2) is 29.2 Å². The van der Waals surface area contributed by atoms with Crippen LogP contribution < -0.4 is 4.90 Å². The van der Waals surface area contributed by atoms with E-state index in [4.69, 9.17) is 0 Å². The number of alkyl halides is 2. The van der Waals surface area contributed by atoms with E-state index in [0.29, 0.717) is 25.2 Å². The quantitative estimate of drug-likeness (QED) is 0.916. The molecule has 4 nitrogen and oxygen atoms in total. The number of sulfone groups is 1. The van der Waals surface area contributed by atoms with Crippen LogP contribution in [0, 0.1) is 0 Å². The first-order valence-corrected chi connectivity index (χ1v) is 7.42. The van der Waals surface area contributed by atoms with Gasteiger partial charge in [-0.25, -0.2) is 8.42 Å². The fourth-order valence-corrected chi connectivity index (χ4v) is 2.74. The number of hydrogen-bond acceptors (Lipinski definition) is 4. The number of aliphatic hydroxyl groups is 1. The number of hydrogen-bond donors (Lipinski definition) is 1. The van der Waals surface area contributed by atoms with Crippen LogP contribution in [0.3, 0.4) is 0 Å². The molecule has 1 aliphatic heterocycles. The van der Waals surface area contributed by atoms with E-state index in [1.165, 1.54) is 24.3 Å². The molecule has 0 atom stereocenters. The molecule has 1 aromatic carbocycles. The summed E-state index contributed by atoms with van der Waals surface area (Å²) in [6, 6.07) is 5.29. The summed E-state index contributed by atoms with van der Waals surface area (Å²) in [7, 11) is -4.54. The maximum Gasteiger partial charge on any atom is 0.341 e. The lowest BCUT2D eigenvalue weighted by molar-refractivity contribution is 0.00852. The van der Waals surface area contributed by atoms with E-state index in [1.807, 2.05) is 11.8 Å². The number of nitrogens with zero attached hydrogens (tertiary/aromatic N) is 1. The van der Waals surface area contributed by atoms with Crippen LogP contribution in [0.4, 0.5) is 14.5 Å². The highest BCUT2D eigenvalue weighted by Gasteiger charge is 2.39. The Hall–Kier alpha value is -1.21. The molecule has 0 aliphatic carbocycles. The van der Waals surface area contributed by atoms with Gasteiger partial charge in [-0.3, -0.25) is 0 Å².